The Bertz CT molecular complexity index is 1390. The molecule has 2 aliphatic rings. The van der Waals surface area contributed by atoms with E-state index in [1.165, 1.54) is 0 Å². The van der Waals surface area contributed by atoms with Crippen LogP contribution in [0.25, 0.3) is 22.4 Å². The standard InChI is InChI=1S/C25H19N5O3/c1-31-23-22-19(11-20(29-23)17-5-3-9-28-13-17)25(14-32-24(26)30-25)18-10-15(6-7-21(18)33-22)16-4-2-8-27-12-16/h2-13H,14H2,1H3,(H2,26,30)/t25-/m0/s1. The molecule has 33 heavy (non-hydrogen) atoms. The van der Waals surface area contributed by atoms with Gasteiger partial charge in [0.05, 0.1) is 12.8 Å². The van der Waals surface area contributed by atoms with Crippen molar-refractivity contribution >= 4 is 6.02 Å². The van der Waals surface area contributed by atoms with Crippen molar-refractivity contribution in [2.75, 3.05) is 13.7 Å². The Morgan fingerprint density at radius 2 is 1.73 bits per heavy atom. The number of ether oxygens (including phenoxy) is 3. The third-order valence-electron chi connectivity index (χ3n) is 5.90. The molecule has 4 aromatic rings. The molecule has 0 saturated carbocycles. The summed E-state index contributed by atoms with van der Waals surface area (Å²) in [5.41, 5.74) is 10.3. The molecule has 162 valence electrons. The molecule has 0 unspecified atom stereocenters. The first-order valence-corrected chi connectivity index (χ1v) is 10.4. The highest BCUT2D eigenvalue weighted by atomic mass is 16.5. The molecule has 0 amide bonds. The predicted molar refractivity (Wildman–Crippen MR) is 122 cm³/mol. The van der Waals surface area contributed by atoms with Crippen LogP contribution < -0.4 is 15.2 Å². The fourth-order valence-electron chi connectivity index (χ4n) is 4.33. The Morgan fingerprint density at radius 3 is 2.39 bits per heavy atom. The molecular formula is C25H19N5O3. The summed E-state index contributed by atoms with van der Waals surface area (Å²) < 4.78 is 17.7. The zero-order valence-electron chi connectivity index (χ0n) is 17.7. The first-order chi connectivity index (χ1) is 16.2. The summed E-state index contributed by atoms with van der Waals surface area (Å²) in [5, 5.41) is 0. The molecular weight excluding hydrogens is 418 g/mol. The van der Waals surface area contributed by atoms with E-state index in [2.05, 4.69) is 21.0 Å². The zero-order valence-corrected chi connectivity index (χ0v) is 17.7. The number of aliphatic imine (C=N–C) groups is 1. The van der Waals surface area contributed by atoms with Gasteiger partial charge in [-0.3, -0.25) is 9.97 Å². The highest BCUT2D eigenvalue weighted by molar-refractivity contribution is 5.79. The van der Waals surface area contributed by atoms with E-state index in [4.69, 9.17) is 24.9 Å². The number of hydrogen-bond donors (Lipinski definition) is 1. The molecule has 3 aromatic heterocycles. The maximum Gasteiger partial charge on any atom is 0.283 e. The monoisotopic (exact) mass is 437 g/mol. The van der Waals surface area contributed by atoms with Crippen LogP contribution in [0.5, 0.6) is 17.4 Å². The van der Waals surface area contributed by atoms with E-state index >= 15 is 0 Å². The lowest BCUT2D eigenvalue weighted by atomic mass is 9.80. The SMILES string of the molecule is COc1nc(-c2cccnc2)cc2c1Oc1ccc(-c3cccnc3)cc1[C@@]21COC(N)=N1. The van der Waals surface area contributed by atoms with Crippen LogP contribution in [0.4, 0.5) is 0 Å². The van der Waals surface area contributed by atoms with E-state index in [1.54, 1.807) is 25.7 Å². The first kappa shape index (κ1) is 19.2. The van der Waals surface area contributed by atoms with E-state index < -0.39 is 5.54 Å². The number of methoxy groups -OCH3 is 1. The molecule has 8 nitrogen and oxygen atoms in total. The van der Waals surface area contributed by atoms with Gasteiger partial charge in [-0.15, -0.1) is 0 Å². The van der Waals surface area contributed by atoms with E-state index in [0.29, 0.717) is 23.1 Å². The summed E-state index contributed by atoms with van der Waals surface area (Å²) >= 11 is 0. The fourth-order valence-corrected chi connectivity index (χ4v) is 4.33. The van der Waals surface area contributed by atoms with Crippen LogP contribution in [-0.4, -0.2) is 34.7 Å². The second-order valence-corrected chi connectivity index (χ2v) is 7.79. The zero-order chi connectivity index (χ0) is 22.4. The van der Waals surface area contributed by atoms with Gasteiger partial charge in [0, 0.05) is 47.0 Å². The molecule has 0 saturated heterocycles. The predicted octanol–water partition coefficient (Wildman–Crippen LogP) is 3.91. The molecule has 0 bridgehead atoms. The topological polar surface area (TPSA) is 105 Å². The van der Waals surface area contributed by atoms with Crippen LogP contribution in [0, 0.1) is 0 Å². The molecule has 2 aliphatic heterocycles. The second-order valence-electron chi connectivity index (χ2n) is 7.79. The van der Waals surface area contributed by atoms with Crippen LogP contribution in [0.2, 0.25) is 0 Å². The highest BCUT2D eigenvalue weighted by Crippen LogP contribution is 2.54. The van der Waals surface area contributed by atoms with Crippen LogP contribution >= 0.6 is 0 Å². The minimum atomic E-state index is -0.904. The van der Waals surface area contributed by atoms with Crippen molar-refractivity contribution in [2.24, 2.45) is 10.7 Å². The molecule has 5 heterocycles. The van der Waals surface area contributed by atoms with Gasteiger partial charge in [-0.05, 0) is 42.0 Å². The number of hydrogen-bond acceptors (Lipinski definition) is 8. The van der Waals surface area contributed by atoms with Crippen molar-refractivity contribution < 1.29 is 14.2 Å². The van der Waals surface area contributed by atoms with Crippen molar-refractivity contribution in [3.05, 3.63) is 84.4 Å². The fraction of sp³-hybridized carbons (Fsp3) is 0.120. The van der Waals surface area contributed by atoms with E-state index in [0.717, 1.165) is 27.8 Å². The second kappa shape index (κ2) is 7.30. The lowest BCUT2D eigenvalue weighted by molar-refractivity contribution is 0.260. The number of aromatic nitrogens is 3. The van der Waals surface area contributed by atoms with Crippen LogP contribution in [0.3, 0.4) is 0 Å². The molecule has 1 spiro atoms. The number of rotatable bonds is 3. The molecule has 0 fully saturated rings. The van der Waals surface area contributed by atoms with Crippen LogP contribution in [0.1, 0.15) is 11.1 Å². The lowest BCUT2D eigenvalue weighted by Gasteiger charge is -2.34. The average molecular weight is 437 g/mol. The number of nitrogens with two attached hydrogens (primary N) is 1. The van der Waals surface area contributed by atoms with Gasteiger partial charge in [0.15, 0.2) is 11.3 Å². The molecule has 1 aromatic carbocycles. The molecule has 0 aliphatic carbocycles. The summed E-state index contributed by atoms with van der Waals surface area (Å²) in [5.74, 6) is 1.49. The number of amidine groups is 1. The maximum atomic E-state index is 6.32. The van der Waals surface area contributed by atoms with Gasteiger partial charge in [0.2, 0.25) is 0 Å². The van der Waals surface area contributed by atoms with E-state index in [1.807, 2.05) is 48.7 Å². The Kier molecular flexibility index (Phi) is 4.26. The van der Waals surface area contributed by atoms with Crippen molar-refractivity contribution in [1.29, 1.82) is 0 Å². The van der Waals surface area contributed by atoms with Crippen molar-refractivity contribution in [2.45, 2.75) is 5.54 Å². The Balaban J connectivity index is 1.60. The molecule has 0 radical (unpaired) electrons. The third-order valence-corrected chi connectivity index (χ3v) is 5.90. The van der Waals surface area contributed by atoms with Gasteiger partial charge >= 0.3 is 0 Å². The number of pyridine rings is 3. The van der Waals surface area contributed by atoms with E-state index in [9.17, 15) is 0 Å². The van der Waals surface area contributed by atoms with Gasteiger partial charge < -0.3 is 19.9 Å². The molecule has 2 N–H and O–H groups in total. The Morgan fingerprint density at radius 1 is 0.939 bits per heavy atom. The maximum absolute atomic E-state index is 6.32. The van der Waals surface area contributed by atoms with Gasteiger partial charge in [0.1, 0.15) is 12.4 Å². The average Bonchev–Trinajstić information content (AvgIpc) is 3.27. The Hall–Kier alpha value is -4.46. The largest absolute Gasteiger partial charge is 0.478 e. The lowest BCUT2D eigenvalue weighted by Crippen LogP contribution is -2.31. The summed E-state index contributed by atoms with van der Waals surface area (Å²) in [6, 6.07) is 15.7. The summed E-state index contributed by atoms with van der Waals surface area (Å²) in [7, 11) is 1.56. The summed E-state index contributed by atoms with van der Waals surface area (Å²) in [6.07, 6.45) is 7.04. The quantitative estimate of drug-likeness (QED) is 0.518. The van der Waals surface area contributed by atoms with Gasteiger partial charge in [-0.25, -0.2) is 9.98 Å². The first-order valence-electron chi connectivity index (χ1n) is 10.4. The third kappa shape index (κ3) is 2.99. The smallest absolute Gasteiger partial charge is 0.283 e. The molecule has 1 atom stereocenters. The molecule has 6 rings (SSSR count). The number of benzene rings is 1. The van der Waals surface area contributed by atoms with Crippen molar-refractivity contribution in [1.82, 2.24) is 15.0 Å². The van der Waals surface area contributed by atoms with Gasteiger partial charge in [-0.1, -0.05) is 12.1 Å². The van der Waals surface area contributed by atoms with Crippen LogP contribution in [-0.2, 0) is 10.3 Å². The number of fused-ring (bicyclic) bond motifs is 4. The van der Waals surface area contributed by atoms with Gasteiger partial charge in [-0.2, -0.15) is 0 Å². The van der Waals surface area contributed by atoms with Gasteiger partial charge in [0.25, 0.3) is 11.9 Å². The van der Waals surface area contributed by atoms with E-state index in [-0.39, 0.29) is 12.6 Å². The Labute approximate surface area is 189 Å². The number of nitrogens with zero attached hydrogens (tertiary/aromatic N) is 4. The van der Waals surface area contributed by atoms with Crippen LogP contribution in [0.15, 0.2) is 78.3 Å². The van der Waals surface area contributed by atoms with Crippen molar-refractivity contribution in [3.63, 3.8) is 0 Å². The minimum Gasteiger partial charge on any atom is -0.478 e. The normalized spacial score (nSPS) is 18.0. The minimum absolute atomic E-state index is 0.124. The summed E-state index contributed by atoms with van der Waals surface area (Å²) in [6.45, 7) is 0.234. The summed E-state index contributed by atoms with van der Waals surface area (Å²) in [4.78, 5) is 17.9. The molecule has 8 heteroatoms. The van der Waals surface area contributed by atoms with Crippen molar-refractivity contribution in [3.8, 4) is 39.8 Å². The highest BCUT2D eigenvalue weighted by Gasteiger charge is 2.48.